The van der Waals surface area contributed by atoms with Crippen molar-refractivity contribution in [2.45, 2.75) is 4.90 Å². The van der Waals surface area contributed by atoms with E-state index >= 15 is 0 Å². The summed E-state index contributed by atoms with van der Waals surface area (Å²) in [7, 11) is -2.29. The lowest BCUT2D eigenvalue weighted by molar-refractivity contribution is 0.600. The zero-order valence-electron chi connectivity index (χ0n) is 9.74. The normalized spacial score (nSPS) is 11.3. The summed E-state index contributed by atoms with van der Waals surface area (Å²) in [5.74, 6) is 0. The van der Waals surface area contributed by atoms with Crippen molar-refractivity contribution in [1.29, 1.82) is 0 Å². The summed E-state index contributed by atoms with van der Waals surface area (Å²) in [5.41, 5.74) is 0.0230. The van der Waals surface area contributed by atoms with Gasteiger partial charge in [-0.3, -0.25) is 9.52 Å². The molecule has 100 valence electrons. The van der Waals surface area contributed by atoms with E-state index in [1.54, 1.807) is 0 Å². The zero-order valence-corrected chi connectivity index (χ0v) is 11.3. The number of halogens is 1. The third-order valence-corrected chi connectivity index (χ3v) is 3.78. The second-order valence-electron chi connectivity index (χ2n) is 3.66. The Bertz CT molecular complexity index is 755. The fourth-order valence-electron chi connectivity index (χ4n) is 1.31. The summed E-state index contributed by atoms with van der Waals surface area (Å²) in [6.07, 6.45) is 3.57. The Morgan fingerprint density at radius 1 is 1.26 bits per heavy atom. The lowest BCUT2D eigenvalue weighted by Gasteiger charge is -2.08. The van der Waals surface area contributed by atoms with E-state index < -0.39 is 10.0 Å². The molecule has 0 bridgehead atoms. The summed E-state index contributed by atoms with van der Waals surface area (Å²) in [6, 6.07) is 2.63. The Balaban J connectivity index is 2.33. The minimum Gasteiger partial charge on any atom is -0.316 e. The van der Waals surface area contributed by atoms with Gasteiger partial charge in [0.2, 0.25) is 10.8 Å². The molecule has 2 aromatic rings. The van der Waals surface area contributed by atoms with Crippen LogP contribution in [-0.2, 0) is 17.1 Å². The van der Waals surface area contributed by atoms with Crippen LogP contribution in [0.4, 0.5) is 5.69 Å². The van der Waals surface area contributed by atoms with Gasteiger partial charge in [0.15, 0.2) is 0 Å². The third-order valence-electron chi connectivity index (χ3n) is 2.24. The van der Waals surface area contributed by atoms with Crippen LogP contribution in [0.5, 0.6) is 0 Å². The molecule has 9 heteroatoms. The summed E-state index contributed by atoms with van der Waals surface area (Å²) >= 11 is 5.48. The van der Waals surface area contributed by atoms with Gasteiger partial charge in [-0.1, -0.05) is 0 Å². The smallest absolute Gasteiger partial charge is 0.265 e. The van der Waals surface area contributed by atoms with E-state index in [1.807, 2.05) is 0 Å². The van der Waals surface area contributed by atoms with Gasteiger partial charge in [-0.15, -0.1) is 0 Å². The number of sulfonamides is 1. The van der Waals surface area contributed by atoms with Gasteiger partial charge in [-0.2, -0.15) is 0 Å². The number of hydrogen-bond acceptors (Lipinski definition) is 5. The lowest BCUT2D eigenvalue weighted by Crippen LogP contribution is -2.18. The average Bonchev–Trinajstić information content (AvgIpc) is 2.34. The SMILES string of the molecule is Cn1cc(NS(=O)(=O)c2cnc(Cl)nc2)ccc1=O. The molecule has 2 aromatic heterocycles. The Hall–Kier alpha value is -1.93. The maximum atomic E-state index is 12.0. The first-order valence-corrected chi connectivity index (χ1v) is 6.92. The van der Waals surface area contributed by atoms with Crippen molar-refractivity contribution in [2.24, 2.45) is 7.05 Å². The fourth-order valence-corrected chi connectivity index (χ4v) is 2.34. The molecule has 0 aliphatic rings. The van der Waals surface area contributed by atoms with E-state index in [-0.39, 0.29) is 21.4 Å². The molecular formula is C10H9ClN4O3S. The van der Waals surface area contributed by atoms with Crippen molar-refractivity contribution in [3.05, 3.63) is 46.4 Å². The number of hydrogen-bond donors (Lipinski definition) is 1. The second kappa shape index (κ2) is 4.98. The molecular weight excluding hydrogens is 292 g/mol. The molecule has 19 heavy (non-hydrogen) atoms. The van der Waals surface area contributed by atoms with E-state index in [4.69, 9.17) is 11.6 Å². The molecule has 0 saturated carbocycles. The minimum atomic E-state index is -3.81. The number of pyridine rings is 1. The molecule has 0 radical (unpaired) electrons. The number of nitrogens with zero attached hydrogens (tertiary/aromatic N) is 3. The number of aromatic nitrogens is 3. The van der Waals surface area contributed by atoms with Gasteiger partial charge >= 0.3 is 0 Å². The summed E-state index contributed by atoms with van der Waals surface area (Å²) < 4.78 is 27.5. The van der Waals surface area contributed by atoms with Gasteiger partial charge in [-0.05, 0) is 17.7 Å². The zero-order chi connectivity index (χ0) is 14.0. The summed E-state index contributed by atoms with van der Waals surface area (Å²) in [4.78, 5) is 18.3. The second-order valence-corrected chi connectivity index (χ2v) is 5.68. The maximum Gasteiger partial charge on any atom is 0.265 e. The predicted octanol–water partition coefficient (Wildman–Crippen LogP) is 0.629. The topological polar surface area (TPSA) is 93.9 Å². The molecule has 2 heterocycles. The molecule has 0 spiro atoms. The Morgan fingerprint density at radius 2 is 1.89 bits per heavy atom. The predicted molar refractivity (Wildman–Crippen MR) is 69.5 cm³/mol. The molecule has 0 aliphatic heterocycles. The van der Waals surface area contributed by atoms with Gasteiger partial charge in [0.25, 0.3) is 10.0 Å². The molecule has 0 aromatic carbocycles. The highest BCUT2D eigenvalue weighted by Gasteiger charge is 2.15. The molecule has 1 N–H and O–H groups in total. The van der Waals surface area contributed by atoms with Crippen LogP contribution in [-0.4, -0.2) is 23.0 Å². The van der Waals surface area contributed by atoms with E-state index in [2.05, 4.69) is 14.7 Å². The monoisotopic (exact) mass is 300 g/mol. The largest absolute Gasteiger partial charge is 0.316 e. The van der Waals surface area contributed by atoms with E-state index in [0.29, 0.717) is 0 Å². The fraction of sp³-hybridized carbons (Fsp3) is 0.100. The van der Waals surface area contributed by atoms with Crippen LogP contribution in [0.1, 0.15) is 0 Å². The molecule has 0 atom stereocenters. The van der Waals surface area contributed by atoms with E-state index in [1.165, 1.54) is 29.9 Å². The molecule has 0 aliphatic carbocycles. The Kier molecular flexibility index (Phi) is 3.54. The average molecular weight is 301 g/mol. The Labute approximate surface area is 113 Å². The summed E-state index contributed by atoms with van der Waals surface area (Å²) in [5, 5.41) is -0.0407. The van der Waals surface area contributed by atoms with Crippen molar-refractivity contribution in [3.63, 3.8) is 0 Å². The van der Waals surface area contributed by atoms with Crippen LogP contribution < -0.4 is 10.3 Å². The van der Waals surface area contributed by atoms with Crippen molar-refractivity contribution in [2.75, 3.05) is 4.72 Å². The molecule has 0 amide bonds. The summed E-state index contributed by atoms with van der Waals surface area (Å²) in [6.45, 7) is 0. The number of nitrogens with one attached hydrogen (secondary N) is 1. The number of anilines is 1. The number of rotatable bonds is 3. The van der Waals surface area contributed by atoms with Gasteiger partial charge < -0.3 is 4.57 Å². The van der Waals surface area contributed by atoms with Crippen molar-refractivity contribution in [1.82, 2.24) is 14.5 Å². The van der Waals surface area contributed by atoms with Gasteiger partial charge in [0, 0.05) is 19.3 Å². The van der Waals surface area contributed by atoms with Gasteiger partial charge in [-0.25, -0.2) is 18.4 Å². The highest BCUT2D eigenvalue weighted by atomic mass is 35.5. The van der Waals surface area contributed by atoms with Crippen molar-refractivity contribution >= 4 is 27.3 Å². The molecule has 2 rings (SSSR count). The molecule has 0 saturated heterocycles. The first-order chi connectivity index (χ1) is 8.88. The molecule has 0 fully saturated rings. The first kappa shape index (κ1) is 13.5. The highest BCUT2D eigenvalue weighted by molar-refractivity contribution is 7.92. The Morgan fingerprint density at radius 3 is 2.47 bits per heavy atom. The van der Waals surface area contributed by atoms with E-state index in [0.717, 1.165) is 12.4 Å². The van der Waals surface area contributed by atoms with Crippen LogP contribution in [0.2, 0.25) is 5.28 Å². The molecule has 0 unspecified atom stereocenters. The van der Waals surface area contributed by atoms with Crippen LogP contribution in [0.25, 0.3) is 0 Å². The third kappa shape index (κ3) is 3.09. The standard InChI is InChI=1S/C10H9ClN4O3S/c1-15-6-7(2-3-9(15)16)14-19(17,18)8-4-12-10(11)13-5-8/h2-6,14H,1H3. The molecule has 7 nitrogen and oxygen atoms in total. The van der Waals surface area contributed by atoms with Crippen LogP contribution in [0.3, 0.4) is 0 Å². The lowest BCUT2D eigenvalue weighted by atomic mass is 10.4. The van der Waals surface area contributed by atoms with Crippen LogP contribution in [0, 0.1) is 0 Å². The number of aryl methyl sites for hydroxylation is 1. The van der Waals surface area contributed by atoms with E-state index in [9.17, 15) is 13.2 Å². The van der Waals surface area contributed by atoms with Gasteiger partial charge in [0.05, 0.1) is 18.1 Å². The van der Waals surface area contributed by atoms with Crippen LogP contribution >= 0.6 is 11.6 Å². The quantitative estimate of drug-likeness (QED) is 0.839. The van der Waals surface area contributed by atoms with Gasteiger partial charge in [0.1, 0.15) is 4.90 Å². The van der Waals surface area contributed by atoms with Crippen LogP contribution in [0.15, 0.2) is 40.4 Å². The van der Waals surface area contributed by atoms with Crippen molar-refractivity contribution in [3.8, 4) is 0 Å². The minimum absolute atomic E-state index is 0.0407. The maximum absolute atomic E-state index is 12.0. The first-order valence-electron chi connectivity index (χ1n) is 5.05. The van der Waals surface area contributed by atoms with Crippen molar-refractivity contribution < 1.29 is 8.42 Å². The highest BCUT2D eigenvalue weighted by Crippen LogP contribution is 2.13.